The summed E-state index contributed by atoms with van der Waals surface area (Å²) in [5.74, 6) is 0.0568. The zero-order valence-corrected chi connectivity index (χ0v) is 13.3. The molecule has 0 radical (unpaired) electrons. The molecule has 21 heavy (non-hydrogen) atoms. The monoisotopic (exact) mass is 302 g/mol. The van der Waals surface area contributed by atoms with E-state index in [4.69, 9.17) is 16.3 Å². The largest absolute Gasteiger partial charge is 0.462 e. The summed E-state index contributed by atoms with van der Waals surface area (Å²) in [5.41, 5.74) is 3.51. The van der Waals surface area contributed by atoms with Crippen molar-refractivity contribution < 1.29 is 9.53 Å². The van der Waals surface area contributed by atoms with Crippen molar-refractivity contribution in [2.75, 3.05) is 6.61 Å². The molecule has 2 aromatic carbocycles. The SMILES string of the molecule is CCOC(=O)c1cccc(-c2cccc(C(C)C)c2)c1Cl. The van der Waals surface area contributed by atoms with E-state index in [1.54, 1.807) is 13.0 Å². The Morgan fingerprint density at radius 1 is 1.19 bits per heavy atom. The summed E-state index contributed by atoms with van der Waals surface area (Å²) in [6.07, 6.45) is 0. The van der Waals surface area contributed by atoms with Gasteiger partial charge in [0.05, 0.1) is 17.2 Å². The molecule has 3 heteroatoms. The number of carbonyl (C=O) groups excluding carboxylic acids is 1. The van der Waals surface area contributed by atoms with Crippen LogP contribution in [0.15, 0.2) is 42.5 Å². The maximum atomic E-state index is 11.9. The molecule has 0 heterocycles. The number of halogens is 1. The zero-order chi connectivity index (χ0) is 15.4. The van der Waals surface area contributed by atoms with Crippen molar-refractivity contribution in [1.29, 1.82) is 0 Å². The number of ether oxygens (including phenoxy) is 1. The normalized spacial score (nSPS) is 10.7. The highest BCUT2D eigenvalue weighted by Gasteiger charge is 2.15. The van der Waals surface area contributed by atoms with Crippen LogP contribution < -0.4 is 0 Å². The lowest BCUT2D eigenvalue weighted by molar-refractivity contribution is 0.0526. The molecule has 0 bridgehead atoms. The lowest BCUT2D eigenvalue weighted by Crippen LogP contribution is -2.05. The van der Waals surface area contributed by atoms with E-state index in [0.717, 1.165) is 11.1 Å². The Labute approximate surface area is 130 Å². The molecule has 0 unspecified atom stereocenters. The van der Waals surface area contributed by atoms with Crippen LogP contribution in [-0.2, 0) is 4.74 Å². The van der Waals surface area contributed by atoms with Gasteiger partial charge in [-0.25, -0.2) is 4.79 Å². The maximum absolute atomic E-state index is 11.9. The first-order valence-corrected chi connectivity index (χ1v) is 7.48. The van der Waals surface area contributed by atoms with Gasteiger partial charge in [0, 0.05) is 5.56 Å². The van der Waals surface area contributed by atoms with Crippen molar-refractivity contribution in [3.63, 3.8) is 0 Å². The van der Waals surface area contributed by atoms with Crippen molar-refractivity contribution in [2.24, 2.45) is 0 Å². The third-order valence-corrected chi connectivity index (χ3v) is 3.77. The van der Waals surface area contributed by atoms with E-state index in [2.05, 4.69) is 26.0 Å². The molecular weight excluding hydrogens is 284 g/mol. The first-order chi connectivity index (χ1) is 10.0. The molecule has 0 aliphatic rings. The van der Waals surface area contributed by atoms with Crippen LogP contribution in [-0.4, -0.2) is 12.6 Å². The summed E-state index contributed by atoms with van der Waals surface area (Å²) in [4.78, 5) is 11.9. The Balaban J connectivity index is 2.47. The van der Waals surface area contributed by atoms with Crippen molar-refractivity contribution in [2.45, 2.75) is 26.7 Å². The first-order valence-electron chi connectivity index (χ1n) is 7.10. The van der Waals surface area contributed by atoms with E-state index in [0.29, 0.717) is 23.1 Å². The second kappa shape index (κ2) is 6.77. The average Bonchev–Trinajstić information content (AvgIpc) is 2.47. The minimum Gasteiger partial charge on any atom is -0.462 e. The Bertz CT molecular complexity index is 647. The maximum Gasteiger partial charge on any atom is 0.339 e. The molecule has 0 aliphatic carbocycles. The topological polar surface area (TPSA) is 26.3 Å². The molecule has 2 nitrogen and oxygen atoms in total. The zero-order valence-electron chi connectivity index (χ0n) is 12.5. The second-order valence-electron chi connectivity index (χ2n) is 5.17. The molecule has 2 aromatic rings. The predicted molar refractivity (Wildman–Crippen MR) is 86.9 cm³/mol. The van der Waals surface area contributed by atoms with Gasteiger partial charge in [-0.2, -0.15) is 0 Å². The van der Waals surface area contributed by atoms with Gasteiger partial charge in [-0.05, 0) is 30.0 Å². The van der Waals surface area contributed by atoms with E-state index in [9.17, 15) is 4.79 Å². The predicted octanol–water partition coefficient (Wildman–Crippen LogP) is 5.31. The molecule has 2 rings (SSSR count). The van der Waals surface area contributed by atoms with Crippen LogP contribution in [0, 0.1) is 0 Å². The average molecular weight is 303 g/mol. The van der Waals surface area contributed by atoms with Crippen LogP contribution in [0.25, 0.3) is 11.1 Å². The van der Waals surface area contributed by atoms with E-state index in [1.165, 1.54) is 5.56 Å². The van der Waals surface area contributed by atoms with Gasteiger partial charge < -0.3 is 4.74 Å². The lowest BCUT2D eigenvalue weighted by Gasteiger charge is -2.12. The third-order valence-electron chi connectivity index (χ3n) is 3.36. The fourth-order valence-corrected chi connectivity index (χ4v) is 2.50. The molecule has 0 aromatic heterocycles. The molecule has 0 fully saturated rings. The third kappa shape index (κ3) is 3.45. The fourth-order valence-electron chi connectivity index (χ4n) is 2.19. The van der Waals surface area contributed by atoms with Crippen LogP contribution in [0.1, 0.15) is 42.6 Å². The number of rotatable bonds is 4. The summed E-state index contributed by atoms with van der Waals surface area (Å²) < 4.78 is 5.04. The Hall–Kier alpha value is -1.80. The van der Waals surface area contributed by atoms with E-state index < -0.39 is 0 Å². The molecular formula is C18H19ClO2. The van der Waals surface area contributed by atoms with Gasteiger partial charge in [0.25, 0.3) is 0 Å². The summed E-state index contributed by atoms with van der Waals surface area (Å²) in [5, 5.41) is 0.442. The molecule has 0 spiro atoms. The molecule has 0 saturated heterocycles. The number of carbonyl (C=O) groups is 1. The highest BCUT2D eigenvalue weighted by molar-refractivity contribution is 6.36. The summed E-state index contributed by atoms with van der Waals surface area (Å²) in [6, 6.07) is 13.7. The van der Waals surface area contributed by atoms with Gasteiger partial charge in [-0.1, -0.05) is 61.8 Å². The van der Waals surface area contributed by atoms with Gasteiger partial charge >= 0.3 is 5.97 Å². The number of hydrogen-bond donors (Lipinski definition) is 0. The van der Waals surface area contributed by atoms with E-state index in [-0.39, 0.29) is 5.97 Å². The van der Waals surface area contributed by atoms with Crippen LogP contribution in [0.4, 0.5) is 0 Å². The van der Waals surface area contributed by atoms with Crippen molar-refractivity contribution in [3.8, 4) is 11.1 Å². The smallest absolute Gasteiger partial charge is 0.339 e. The quantitative estimate of drug-likeness (QED) is 0.716. The van der Waals surface area contributed by atoms with Gasteiger partial charge in [-0.3, -0.25) is 0 Å². The lowest BCUT2D eigenvalue weighted by atomic mass is 9.96. The first kappa shape index (κ1) is 15.6. The Kier molecular flexibility index (Phi) is 5.03. The van der Waals surface area contributed by atoms with Crippen LogP contribution in [0.3, 0.4) is 0 Å². The highest BCUT2D eigenvalue weighted by atomic mass is 35.5. The molecule has 0 saturated carbocycles. The van der Waals surface area contributed by atoms with Gasteiger partial charge in [0.15, 0.2) is 0 Å². The van der Waals surface area contributed by atoms with Crippen molar-refractivity contribution >= 4 is 17.6 Å². The van der Waals surface area contributed by atoms with Crippen LogP contribution in [0.2, 0.25) is 5.02 Å². The molecule has 0 N–H and O–H groups in total. The van der Waals surface area contributed by atoms with Crippen LogP contribution >= 0.6 is 11.6 Å². The number of esters is 1. The molecule has 0 atom stereocenters. The number of hydrogen-bond acceptors (Lipinski definition) is 2. The van der Waals surface area contributed by atoms with Gasteiger partial charge in [0.1, 0.15) is 0 Å². The van der Waals surface area contributed by atoms with E-state index >= 15 is 0 Å². The van der Waals surface area contributed by atoms with Crippen molar-refractivity contribution in [1.82, 2.24) is 0 Å². The van der Waals surface area contributed by atoms with Gasteiger partial charge in [-0.15, -0.1) is 0 Å². The minimum absolute atomic E-state index is 0.336. The van der Waals surface area contributed by atoms with Gasteiger partial charge in [0.2, 0.25) is 0 Å². The molecule has 0 amide bonds. The highest BCUT2D eigenvalue weighted by Crippen LogP contribution is 2.32. The number of benzene rings is 2. The van der Waals surface area contributed by atoms with Crippen LogP contribution in [0.5, 0.6) is 0 Å². The van der Waals surface area contributed by atoms with Crippen molar-refractivity contribution in [3.05, 3.63) is 58.6 Å². The minimum atomic E-state index is -0.385. The Morgan fingerprint density at radius 2 is 1.90 bits per heavy atom. The fraction of sp³-hybridized carbons (Fsp3) is 0.278. The summed E-state index contributed by atoms with van der Waals surface area (Å²) >= 11 is 6.41. The standard InChI is InChI=1S/C18H19ClO2/c1-4-21-18(20)16-10-6-9-15(17(16)19)14-8-5-7-13(11-14)12(2)3/h5-12H,4H2,1-3H3. The summed E-state index contributed by atoms with van der Waals surface area (Å²) in [7, 11) is 0. The van der Waals surface area contributed by atoms with E-state index in [1.807, 2.05) is 24.3 Å². The molecule has 110 valence electrons. The summed E-state index contributed by atoms with van der Waals surface area (Å²) in [6.45, 7) is 6.41. The Morgan fingerprint density at radius 3 is 2.57 bits per heavy atom. The second-order valence-corrected chi connectivity index (χ2v) is 5.55. The molecule has 0 aliphatic heterocycles.